The number of benzene rings is 1. The summed E-state index contributed by atoms with van der Waals surface area (Å²) >= 11 is 0. The van der Waals surface area contributed by atoms with Gasteiger partial charge in [0.2, 0.25) is 10.0 Å². The highest BCUT2D eigenvalue weighted by Crippen LogP contribution is 2.31. The van der Waals surface area contributed by atoms with Crippen LogP contribution in [-0.2, 0) is 14.8 Å². The van der Waals surface area contributed by atoms with Crippen molar-refractivity contribution in [3.8, 4) is 0 Å². The van der Waals surface area contributed by atoms with Gasteiger partial charge >= 0.3 is 5.97 Å². The summed E-state index contributed by atoms with van der Waals surface area (Å²) in [5, 5.41) is 9.05. The predicted octanol–water partition coefficient (Wildman–Crippen LogP) is 1.93. The summed E-state index contributed by atoms with van der Waals surface area (Å²) in [4.78, 5) is 10.7. The van der Waals surface area contributed by atoms with Crippen LogP contribution in [0.3, 0.4) is 0 Å². The van der Waals surface area contributed by atoms with Gasteiger partial charge in [0.05, 0.1) is 16.1 Å². The molecule has 2 N–H and O–H groups in total. The number of carboxylic acid groups (broad SMARTS) is 1. The molecule has 8 heteroatoms. The molecule has 0 bridgehead atoms. The molecule has 2 rings (SSSR count). The molecule has 1 fully saturated rings. The van der Waals surface area contributed by atoms with Crippen LogP contribution < -0.4 is 4.72 Å². The van der Waals surface area contributed by atoms with E-state index in [2.05, 4.69) is 4.72 Å². The maximum atomic E-state index is 13.8. The normalized spacial score (nSPS) is 20.6. The number of rotatable bonds is 5. The van der Waals surface area contributed by atoms with Crippen molar-refractivity contribution in [1.29, 1.82) is 0 Å². The molecule has 1 unspecified atom stereocenters. The number of aromatic carboxylic acids is 1. The second kappa shape index (κ2) is 6.18. The second-order valence-corrected chi connectivity index (χ2v) is 7.94. The van der Waals surface area contributed by atoms with E-state index in [1.807, 2.05) is 13.8 Å². The van der Waals surface area contributed by atoms with Crippen LogP contribution in [0.5, 0.6) is 0 Å². The van der Waals surface area contributed by atoms with E-state index in [9.17, 15) is 17.6 Å². The molecule has 1 aromatic rings. The van der Waals surface area contributed by atoms with Crippen LogP contribution in [0.15, 0.2) is 17.0 Å². The average Bonchev–Trinajstić information content (AvgIpc) is 2.77. The Morgan fingerprint density at radius 1 is 1.48 bits per heavy atom. The van der Waals surface area contributed by atoms with Crippen LogP contribution in [0.4, 0.5) is 4.39 Å². The zero-order valence-corrected chi connectivity index (χ0v) is 14.0. The van der Waals surface area contributed by atoms with E-state index in [-0.39, 0.29) is 23.6 Å². The van der Waals surface area contributed by atoms with Gasteiger partial charge < -0.3 is 9.84 Å². The van der Waals surface area contributed by atoms with Crippen LogP contribution in [0.1, 0.15) is 36.2 Å². The summed E-state index contributed by atoms with van der Waals surface area (Å²) in [6.45, 7) is 5.76. The zero-order valence-electron chi connectivity index (χ0n) is 13.2. The number of ether oxygens (including phenoxy) is 1. The Hall–Kier alpha value is -1.51. The molecule has 1 heterocycles. The molecular formula is C15H20FNO5S. The molecule has 0 aromatic heterocycles. The van der Waals surface area contributed by atoms with Crippen molar-refractivity contribution in [2.45, 2.75) is 37.7 Å². The minimum absolute atomic E-state index is 0.00786. The summed E-state index contributed by atoms with van der Waals surface area (Å²) in [5.41, 5.74) is -0.899. The first kappa shape index (κ1) is 17.8. The minimum atomic E-state index is -4.00. The molecule has 1 aliphatic heterocycles. The molecule has 1 aromatic carbocycles. The third kappa shape index (κ3) is 3.70. The summed E-state index contributed by atoms with van der Waals surface area (Å²) in [6, 6.07) is 1.81. The fourth-order valence-electron chi connectivity index (χ4n) is 2.60. The minimum Gasteiger partial charge on any atom is -0.478 e. The lowest BCUT2D eigenvalue weighted by molar-refractivity contribution is 0.0125. The topological polar surface area (TPSA) is 92.7 Å². The predicted molar refractivity (Wildman–Crippen MR) is 81.4 cm³/mol. The fraction of sp³-hybridized carbons (Fsp3) is 0.533. The summed E-state index contributed by atoms with van der Waals surface area (Å²) in [6.07, 6.45) is 0.720. The van der Waals surface area contributed by atoms with Crippen LogP contribution in [0, 0.1) is 18.7 Å². The smallest absolute Gasteiger partial charge is 0.336 e. The molecule has 1 atom stereocenters. The SMILES string of the molecule is Cc1c(F)cc(S(=O)(=O)NCC2CCOC2(C)C)cc1C(=O)O. The van der Waals surface area contributed by atoms with Crippen molar-refractivity contribution in [2.75, 3.05) is 13.2 Å². The molecule has 0 amide bonds. The Bertz CT molecular complexity index is 730. The first-order valence-corrected chi connectivity index (χ1v) is 8.70. The maximum absolute atomic E-state index is 13.8. The van der Waals surface area contributed by atoms with Gasteiger partial charge in [0, 0.05) is 19.1 Å². The Morgan fingerprint density at radius 3 is 2.65 bits per heavy atom. The van der Waals surface area contributed by atoms with E-state index in [1.165, 1.54) is 6.92 Å². The van der Waals surface area contributed by atoms with Gasteiger partial charge in [0.1, 0.15) is 5.82 Å². The zero-order chi connectivity index (χ0) is 17.4. The molecule has 0 spiro atoms. The lowest BCUT2D eigenvalue weighted by Crippen LogP contribution is -2.37. The number of hydrogen-bond acceptors (Lipinski definition) is 4. The van der Waals surface area contributed by atoms with Crippen molar-refractivity contribution < 1.29 is 27.4 Å². The molecule has 0 saturated carbocycles. The average molecular weight is 345 g/mol. The van der Waals surface area contributed by atoms with Crippen molar-refractivity contribution >= 4 is 16.0 Å². The van der Waals surface area contributed by atoms with Gasteiger partial charge in [-0.1, -0.05) is 0 Å². The number of carboxylic acids is 1. The Labute approximate surface area is 134 Å². The quantitative estimate of drug-likeness (QED) is 0.850. The van der Waals surface area contributed by atoms with Gasteiger partial charge in [-0.2, -0.15) is 0 Å². The number of hydrogen-bond donors (Lipinski definition) is 2. The van der Waals surface area contributed by atoms with Crippen molar-refractivity contribution in [2.24, 2.45) is 5.92 Å². The van der Waals surface area contributed by atoms with Crippen molar-refractivity contribution in [3.63, 3.8) is 0 Å². The van der Waals surface area contributed by atoms with Gasteiger partial charge in [-0.15, -0.1) is 0 Å². The van der Waals surface area contributed by atoms with Gasteiger partial charge in [-0.3, -0.25) is 0 Å². The number of nitrogens with one attached hydrogen (secondary N) is 1. The van der Waals surface area contributed by atoms with Crippen LogP contribution >= 0.6 is 0 Å². The standard InChI is InChI=1S/C15H20FNO5S/c1-9-12(14(18)19)6-11(7-13(9)16)23(20,21)17-8-10-4-5-22-15(10,2)3/h6-7,10,17H,4-5,8H2,1-3H3,(H,18,19). The molecular weight excluding hydrogens is 325 g/mol. The first-order chi connectivity index (χ1) is 10.5. The van der Waals surface area contributed by atoms with Gasteiger partial charge in [0.15, 0.2) is 0 Å². The van der Waals surface area contributed by atoms with E-state index >= 15 is 0 Å². The van der Waals surface area contributed by atoms with Gasteiger partial charge in [-0.05, 0) is 44.9 Å². The summed E-state index contributed by atoms with van der Waals surface area (Å²) in [5.74, 6) is -2.25. The first-order valence-electron chi connectivity index (χ1n) is 7.21. The third-order valence-corrected chi connectivity index (χ3v) is 5.70. The van der Waals surface area contributed by atoms with E-state index in [0.29, 0.717) is 6.61 Å². The lowest BCUT2D eigenvalue weighted by Gasteiger charge is -2.25. The molecule has 1 aliphatic rings. The fourth-order valence-corrected chi connectivity index (χ4v) is 3.72. The van der Waals surface area contributed by atoms with E-state index in [0.717, 1.165) is 18.6 Å². The largest absolute Gasteiger partial charge is 0.478 e. The molecule has 1 saturated heterocycles. The highest BCUT2D eigenvalue weighted by molar-refractivity contribution is 7.89. The molecule has 23 heavy (non-hydrogen) atoms. The number of halogens is 1. The highest BCUT2D eigenvalue weighted by atomic mass is 32.2. The van der Waals surface area contributed by atoms with E-state index in [4.69, 9.17) is 9.84 Å². The second-order valence-electron chi connectivity index (χ2n) is 6.17. The van der Waals surface area contributed by atoms with Gasteiger partial charge in [0.25, 0.3) is 0 Å². The molecule has 128 valence electrons. The van der Waals surface area contributed by atoms with E-state index < -0.39 is 32.3 Å². The van der Waals surface area contributed by atoms with Crippen molar-refractivity contribution in [3.05, 3.63) is 29.1 Å². The number of carbonyl (C=O) groups is 1. The Kier molecular flexibility index (Phi) is 4.79. The lowest BCUT2D eigenvalue weighted by atomic mass is 9.91. The summed E-state index contributed by atoms with van der Waals surface area (Å²) in [7, 11) is -4.00. The highest BCUT2D eigenvalue weighted by Gasteiger charge is 2.36. The van der Waals surface area contributed by atoms with Crippen LogP contribution in [0.25, 0.3) is 0 Å². The van der Waals surface area contributed by atoms with Crippen LogP contribution in [0.2, 0.25) is 0 Å². The third-order valence-electron chi connectivity index (χ3n) is 4.30. The van der Waals surface area contributed by atoms with Crippen LogP contribution in [-0.4, -0.2) is 38.2 Å². The Balaban J connectivity index is 2.25. The molecule has 0 aliphatic carbocycles. The molecule has 0 radical (unpaired) electrons. The molecule has 6 nitrogen and oxygen atoms in total. The van der Waals surface area contributed by atoms with Crippen molar-refractivity contribution in [1.82, 2.24) is 4.72 Å². The van der Waals surface area contributed by atoms with Gasteiger partial charge in [-0.25, -0.2) is 22.3 Å². The van der Waals surface area contributed by atoms with E-state index in [1.54, 1.807) is 0 Å². The summed E-state index contributed by atoms with van der Waals surface area (Å²) < 4.78 is 46.4. The number of sulfonamides is 1. The monoisotopic (exact) mass is 345 g/mol. The maximum Gasteiger partial charge on any atom is 0.336 e. The Morgan fingerprint density at radius 2 is 2.13 bits per heavy atom.